The van der Waals surface area contributed by atoms with Gasteiger partial charge in [-0.25, -0.2) is 9.37 Å². The van der Waals surface area contributed by atoms with Gasteiger partial charge in [0.15, 0.2) is 0 Å². The molecule has 0 unspecified atom stereocenters. The molecule has 1 aromatic heterocycles. The van der Waals surface area contributed by atoms with E-state index in [9.17, 15) is 4.39 Å². The molecule has 0 radical (unpaired) electrons. The topological polar surface area (TPSA) is 12.9 Å². The predicted octanol–water partition coefficient (Wildman–Crippen LogP) is 3.57. The summed E-state index contributed by atoms with van der Waals surface area (Å²) in [7, 11) is 0. The van der Waals surface area contributed by atoms with Gasteiger partial charge in [0.2, 0.25) is 0 Å². The molecule has 0 amide bonds. The van der Waals surface area contributed by atoms with Crippen LogP contribution in [0.25, 0.3) is 0 Å². The van der Waals surface area contributed by atoms with Crippen molar-refractivity contribution in [1.82, 2.24) is 4.98 Å². The number of nitrogens with zero attached hydrogens (tertiary/aromatic N) is 1. The molecule has 0 spiro atoms. The molecule has 72 valence electrons. The molecule has 0 bridgehead atoms. The summed E-state index contributed by atoms with van der Waals surface area (Å²) in [4.78, 5) is 4.16. The van der Waals surface area contributed by atoms with Crippen LogP contribution < -0.4 is 0 Å². The van der Waals surface area contributed by atoms with Gasteiger partial charge in [0.05, 0.1) is 0 Å². The van der Waals surface area contributed by atoms with Gasteiger partial charge in [0.25, 0.3) is 0 Å². The zero-order chi connectivity index (χ0) is 9.80. The van der Waals surface area contributed by atoms with Gasteiger partial charge in [-0.1, -0.05) is 23.9 Å². The molecule has 14 heavy (non-hydrogen) atoms. The summed E-state index contributed by atoms with van der Waals surface area (Å²) in [6.07, 6.45) is 1.79. The van der Waals surface area contributed by atoms with E-state index in [1.807, 2.05) is 5.38 Å². The minimum atomic E-state index is -0.187. The summed E-state index contributed by atoms with van der Waals surface area (Å²) in [6.45, 7) is 0. The molecule has 0 saturated heterocycles. The van der Waals surface area contributed by atoms with E-state index in [2.05, 4.69) is 4.98 Å². The van der Waals surface area contributed by atoms with Gasteiger partial charge >= 0.3 is 0 Å². The maximum atomic E-state index is 12.6. The Hall–Kier alpha value is -0.870. The summed E-state index contributed by atoms with van der Waals surface area (Å²) in [5.74, 6) is 0.654. The van der Waals surface area contributed by atoms with Crippen molar-refractivity contribution < 1.29 is 4.39 Å². The van der Waals surface area contributed by atoms with E-state index in [0.717, 1.165) is 15.7 Å². The van der Waals surface area contributed by atoms with E-state index in [0.29, 0.717) is 0 Å². The summed E-state index contributed by atoms with van der Waals surface area (Å²) >= 11 is 3.29. The molecule has 0 aliphatic carbocycles. The Bertz CT molecular complexity index is 383. The summed E-state index contributed by atoms with van der Waals surface area (Å²) < 4.78 is 13.6. The molecule has 0 N–H and O–H groups in total. The molecule has 1 nitrogen and oxygen atoms in total. The maximum Gasteiger partial charge on any atom is 0.150 e. The number of hydrogen-bond donors (Lipinski definition) is 0. The number of thioether (sulfide) groups is 1. The quantitative estimate of drug-likeness (QED) is 0.741. The molecular weight excluding hydrogens is 217 g/mol. The van der Waals surface area contributed by atoms with E-state index in [-0.39, 0.29) is 5.82 Å². The van der Waals surface area contributed by atoms with Crippen molar-refractivity contribution in [2.24, 2.45) is 0 Å². The third-order valence-corrected chi connectivity index (χ3v) is 3.72. The van der Waals surface area contributed by atoms with Gasteiger partial charge in [0, 0.05) is 17.3 Å². The van der Waals surface area contributed by atoms with Gasteiger partial charge in [-0.3, -0.25) is 0 Å². The van der Waals surface area contributed by atoms with Gasteiger partial charge in [-0.2, -0.15) is 0 Å². The van der Waals surface area contributed by atoms with Crippen molar-refractivity contribution in [3.8, 4) is 0 Å². The minimum Gasteiger partial charge on any atom is -0.238 e. The number of hydrogen-bond acceptors (Lipinski definition) is 3. The Morgan fingerprint density at radius 3 is 2.71 bits per heavy atom. The molecule has 0 aliphatic heterocycles. The lowest BCUT2D eigenvalue weighted by Gasteiger charge is -1.98. The summed E-state index contributed by atoms with van der Waals surface area (Å²) in [5, 5.41) is 1.95. The van der Waals surface area contributed by atoms with E-state index >= 15 is 0 Å². The smallest absolute Gasteiger partial charge is 0.150 e. The van der Waals surface area contributed by atoms with E-state index in [4.69, 9.17) is 0 Å². The highest BCUT2D eigenvalue weighted by Gasteiger charge is 1.98. The first-order valence-corrected chi connectivity index (χ1v) is 5.98. The molecule has 1 aromatic carbocycles. The lowest BCUT2D eigenvalue weighted by Crippen LogP contribution is -1.80. The van der Waals surface area contributed by atoms with Crippen molar-refractivity contribution in [2.45, 2.75) is 10.1 Å². The lowest BCUT2D eigenvalue weighted by atomic mass is 10.2. The first-order chi connectivity index (χ1) is 6.84. The highest BCUT2D eigenvalue weighted by Crippen LogP contribution is 2.24. The summed E-state index contributed by atoms with van der Waals surface area (Å²) in [5.41, 5.74) is 1.12. The van der Waals surface area contributed by atoms with Gasteiger partial charge in [0.1, 0.15) is 10.2 Å². The van der Waals surface area contributed by atoms with Crippen LogP contribution in [0.5, 0.6) is 0 Å². The van der Waals surface area contributed by atoms with Crippen LogP contribution in [0, 0.1) is 5.82 Å². The number of benzene rings is 1. The van der Waals surface area contributed by atoms with Gasteiger partial charge in [-0.05, 0) is 17.7 Å². The van der Waals surface area contributed by atoms with Crippen molar-refractivity contribution in [3.05, 3.63) is 47.2 Å². The highest BCUT2D eigenvalue weighted by atomic mass is 32.2. The van der Waals surface area contributed by atoms with E-state index in [1.54, 1.807) is 41.4 Å². The van der Waals surface area contributed by atoms with E-state index in [1.165, 1.54) is 12.1 Å². The molecule has 0 saturated carbocycles. The van der Waals surface area contributed by atoms with Crippen molar-refractivity contribution in [3.63, 3.8) is 0 Å². The van der Waals surface area contributed by atoms with Crippen LogP contribution in [-0.2, 0) is 5.75 Å². The number of aromatic nitrogens is 1. The molecule has 2 rings (SSSR count). The minimum absolute atomic E-state index is 0.187. The number of rotatable bonds is 3. The molecular formula is C10H8FNS2. The fourth-order valence-electron chi connectivity index (χ4n) is 1.01. The molecule has 0 atom stereocenters. The number of thiazole rings is 1. The second-order valence-electron chi connectivity index (χ2n) is 2.71. The molecule has 1 heterocycles. The lowest BCUT2D eigenvalue weighted by molar-refractivity contribution is 0.627. The predicted molar refractivity (Wildman–Crippen MR) is 58.1 cm³/mol. The first-order valence-electron chi connectivity index (χ1n) is 4.11. The molecule has 0 aliphatic rings. The second-order valence-corrected chi connectivity index (χ2v) is 4.83. The average Bonchev–Trinajstić information content (AvgIpc) is 2.70. The average molecular weight is 225 g/mol. The van der Waals surface area contributed by atoms with Crippen LogP contribution in [0.1, 0.15) is 5.56 Å². The Labute approximate surface area is 90.0 Å². The van der Waals surface area contributed by atoms with Crippen LogP contribution in [0.15, 0.2) is 40.2 Å². The fourth-order valence-corrected chi connectivity index (χ4v) is 2.60. The van der Waals surface area contributed by atoms with Crippen LogP contribution >= 0.6 is 23.1 Å². The fraction of sp³-hybridized carbons (Fsp3) is 0.100. The van der Waals surface area contributed by atoms with Crippen molar-refractivity contribution in [2.75, 3.05) is 0 Å². The molecule has 4 heteroatoms. The van der Waals surface area contributed by atoms with Crippen LogP contribution in [-0.4, -0.2) is 4.98 Å². The maximum absolute atomic E-state index is 12.6. The van der Waals surface area contributed by atoms with Crippen LogP contribution in [0.2, 0.25) is 0 Å². The zero-order valence-electron chi connectivity index (χ0n) is 7.31. The third-order valence-electron chi connectivity index (χ3n) is 1.69. The molecule has 0 fully saturated rings. The van der Waals surface area contributed by atoms with Crippen molar-refractivity contribution in [1.29, 1.82) is 0 Å². The first kappa shape index (κ1) is 9.68. The monoisotopic (exact) mass is 225 g/mol. The van der Waals surface area contributed by atoms with Gasteiger partial charge < -0.3 is 0 Å². The van der Waals surface area contributed by atoms with E-state index < -0.39 is 0 Å². The standard InChI is InChI=1S/C10H8FNS2/c11-9-3-1-8(2-4-9)7-14-10-12-5-6-13-10/h1-6H,7H2. The molecule has 2 aromatic rings. The van der Waals surface area contributed by atoms with Crippen molar-refractivity contribution >= 4 is 23.1 Å². The second kappa shape index (κ2) is 4.57. The SMILES string of the molecule is Fc1ccc(CSc2nccs2)cc1. The van der Waals surface area contributed by atoms with Crippen LogP contribution in [0.4, 0.5) is 4.39 Å². The Morgan fingerprint density at radius 1 is 1.29 bits per heavy atom. The normalized spacial score (nSPS) is 10.4. The summed E-state index contributed by atoms with van der Waals surface area (Å²) in [6, 6.07) is 6.57. The largest absolute Gasteiger partial charge is 0.238 e. The Balaban J connectivity index is 1.95. The Kier molecular flexibility index (Phi) is 3.16. The van der Waals surface area contributed by atoms with Gasteiger partial charge in [-0.15, -0.1) is 11.3 Å². The zero-order valence-corrected chi connectivity index (χ0v) is 8.95. The van der Waals surface area contributed by atoms with Crippen LogP contribution in [0.3, 0.4) is 0 Å². The third kappa shape index (κ3) is 2.56. The highest BCUT2D eigenvalue weighted by molar-refractivity contribution is 8.00. The Morgan fingerprint density at radius 2 is 2.07 bits per heavy atom. The number of halogens is 1.